The Morgan fingerprint density at radius 3 is 2.18 bits per heavy atom. The van der Waals surface area contributed by atoms with E-state index in [0.29, 0.717) is 5.56 Å². The highest BCUT2D eigenvalue weighted by Gasteiger charge is 2.27. The van der Waals surface area contributed by atoms with Crippen LogP contribution in [0.4, 0.5) is 5.69 Å². The van der Waals surface area contributed by atoms with Crippen LogP contribution in [0.3, 0.4) is 0 Å². The molecule has 0 amide bonds. The highest BCUT2D eigenvalue weighted by molar-refractivity contribution is 7.88. The highest BCUT2D eigenvalue weighted by Crippen LogP contribution is 2.24. The SMILES string of the molecule is CN(C1CCCCCC1)S(=O)(=O)Cc1ccc([N+](=O)[O-])cc1. The Morgan fingerprint density at radius 2 is 1.68 bits per heavy atom. The van der Waals surface area contributed by atoms with Gasteiger partial charge in [-0.05, 0) is 18.4 Å². The first kappa shape index (κ1) is 16.9. The molecule has 22 heavy (non-hydrogen) atoms. The molecule has 0 heterocycles. The molecule has 6 nitrogen and oxygen atoms in total. The van der Waals surface area contributed by atoms with Crippen molar-refractivity contribution < 1.29 is 13.3 Å². The van der Waals surface area contributed by atoms with E-state index in [2.05, 4.69) is 0 Å². The fraction of sp³-hybridized carbons (Fsp3) is 0.600. The molecule has 0 spiro atoms. The standard InChI is InChI=1S/C15H22N2O4S/c1-16(14-6-4-2-3-5-7-14)22(20,21)12-13-8-10-15(11-9-13)17(18)19/h8-11,14H,2-7,12H2,1H3. The van der Waals surface area contributed by atoms with E-state index >= 15 is 0 Å². The van der Waals surface area contributed by atoms with E-state index in [0.717, 1.165) is 25.7 Å². The van der Waals surface area contributed by atoms with Crippen molar-refractivity contribution in [2.24, 2.45) is 0 Å². The second-order valence-electron chi connectivity index (χ2n) is 5.84. The third-order valence-corrected chi connectivity index (χ3v) is 6.15. The lowest BCUT2D eigenvalue weighted by atomic mass is 10.1. The van der Waals surface area contributed by atoms with E-state index in [4.69, 9.17) is 0 Å². The van der Waals surface area contributed by atoms with Crippen LogP contribution in [0.25, 0.3) is 0 Å². The summed E-state index contributed by atoms with van der Waals surface area (Å²) in [4.78, 5) is 10.1. The van der Waals surface area contributed by atoms with Crippen LogP contribution >= 0.6 is 0 Å². The number of hydrogen-bond donors (Lipinski definition) is 0. The number of nitro benzene ring substituents is 1. The second-order valence-corrected chi connectivity index (χ2v) is 7.87. The monoisotopic (exact) mass is 326 g/mol. The van der Waals surface area contributed by atoms with E-state index in [1.807, 2.05) is 0 Å². The highest BCUT2D eigenvalue weighted by atomic mass is 32.2. The summed E-state index contributed by atoms with van der Waals surface area (Å²) in [5.41, 5.74) is 0.546. The zero-order valence-electron chi connectivity index (χ0n) is 12.8. The minimum atomic E-state index is -3.40. The summed E-state index contributed by atoms with van der Waals surface area (Å²) in [7, 11) is -1.75. The van der Waals surface area contributed by atoms with Gasteiger partial charge >= 0.3 is 0 Å². The number of hydrogen-bond acceptors (Lipinski definition) is 4. The van der Waals surface area contributed by atoms with Crippen molar-refractivity contribution in [3.05, 3.63) is 39.9 Å². The third kappa shape index (κ3) is 4.27. The Balaban J connectivity index is 2.07. The molecule has 0 N–H and O–H groups in total. The summed E-state index contributed by atoms with van der Waals surface area (Å²) in [6.45, 7) is 0. The van der Waals surface area contributed by atoms with Crippen molar-refractivity contribution in [3.63, 3.8) is 0 Å². The van der Waals surface area contributed by atoms with Gasteiger partial charge in [-0.2, -0.15) is 0 Å². The molecule has 1 aliphatic rings. The number of nitro groups is 1. The number of benzene rings is 1. The molecule has 7 heteroatoms. The molecule has 0 bridgehead atoms. The Kier molecular flexibility index (Phi) is 5.52. The lowest BCUT2D eigenvalue weighted by molar-refractivity contribution is -0.384. The lowest BCUT2D eigenvalue weighted by Crippen LogP contribution is -2.37. The molecule has 0 aliphatic heterocycles. The smallest absolute Gasteiger partial charge is 0.258 e. The second kappa shape index (κ2) is 7.19. The van der Waals surface area contributed by atoms with E-state index < -0.39 is 14.9 Å². The Bertz CT molecular complexity index is 605. The summed E-state index contributed by atoms with van der Waals surface area (Å²) in [6, 6.07) is 5.78. The predicted octanol–water partition coefficient (Wildman–Crippen LogP) is 3.08. The maximum absolute atomic E-state index is 12.5. The molecule has 0 unspecified atom stereocenters. The molecule has 0 radical (unpaired) electrons. The van der Waals surface area contributed by atoms with Gasteiger partial charge in [0, 0.05) is 25.2 Å². The molecule has 0 saturated heterocycles. The van der Waals surface area contributed by atoms with Crippen LogP contribution in [-0.4, -0.2) is 30.7 Å². The van der Waals surface area contributed by atoms with E-state index in [9.17, 15) is 18.5 Å². The average Bonchev–Trinajstić information content (AvgIpc) is 2.75. The zero-order valence-corrected chi connectivity index (χ0v) is 13.6. The van der Waals surface area contributed by atoms with Crippen LogP contribution < -0.4 is 0 Å². The van der Waals surface area contributed by atoms with Crippen molar-refractivity contribution in [1.82, 2.24) is 4.31 Å². The molecule has 1 fully saturated rings. The predicted molar refractivity (Wildman–Crippen MR) is 85.0 cm³/mol. The molecule has 1 aromatic carbocycles. The zero-order chi connectivity index (χ0) is 16.2. The summed E-state index contributed by atoms with van der Waals surface area (Å²) in [5, 5.41) is 10.6. The Morgan fingerprint density at radius 1 is 1.14 bits per heavy atom. The molecule has 122 valence electrons. The van der Waals surface area contributed by atoms with Gasteiger partial charge in [-0.15, -0.1) is 0 Å². The van der Waals surface area contributed by atoms with Crippen molar-refractivity contribution in [3.8, 4) is 0 Å². The minimum Gasteiger partial charge on any atom is -0.258 e. The number of rotatable bonds is 5. The normalized spacial score (nSPS) is 17.4. The van der Waals surface area contributed by atoms with Crippen LogP contribution in [0.1, 0.15) is 44.1 Å². The van der Waals surface area contributed by atoms with E-state index in [1.165, 1.54) is 41.4 Å². The quantitative estimate of drug-likeness (QED) is 0.473. The van der Waals surface area contributed by atoms with Gasteiger partial charge in [0.15, 0.2) is 0 Å². The lowest BCUT2D eigenvalue weighted by Gasteiger charge is -2.26. The summed E-state index contributed by atoms with van der Waals surface area (Å²) < 4.78 is 26.5. The van der Waals surface area contributed by atoms with Gasteiger partial charge in [0.25, 0.3) is 5.69 Å². The first-order valence-electron chi connectivity index (χ1n) is 7.59. The van der Waals surface area contributed by atoms with Gasteiger partial charge < -0.3 is 0 Å². The summed E-state index contributed by atoms with van der Waals surface area (Å²) >= 11 is 0. The maximum atomic E-state index is 12.5. The number of nitrogens with zero attached hydrogens (tertiary/aromatic N) is 2. The summed E-state index contributed by atoms with van der Waals surface area (Å²) in [5.74, 6) is -0.113. The Hall–Kier alpha value is -1.47. The van der Waals surface area contributed by atoms with Crippen LogP contribution in [0, 0.1) is 10.1 Å². The molecule has 1 aliphatic carbocycles. The van der Waals surface area contributed by atoms with Crippen molar-refractivity contribution in [2.45, 2.75) is 50.3 Å². The van der Waals surface area contributed by atoms with Gasteiger partial charge in [0.2, 0.25) is 10.0 Å². The average molecular weight is 326 g/mol. The largest absolute Gasteiger partial charge is 0.269 e. The topological polar surface area (TPSA) is 80.5 Å². The van der Waals surface area contributed by atoms with Crippen molar-refractivity contribution in [1.29, 1.82) is 0 Å². The fourth-order valence-corrected chi connectivity index (χ4v) is 4.36. The van der Waals surface area contributed by atoms with Crippen LogP contribution in [0.2, 0.25) is 0 Å². The molecule has 0 atom stereocenters. The molecule has 1 saturated carbocycles. The van der Waals surface area contributed by atoms with Gasteiger partial charge in [0.1, 0.15) is 0 Å². The summed E-state index contributed by atoms with van der Waals surface area (Å²) in [6.07, 6.45) is 6.32. The van der Waals surface area contributed by atoms with Gasteiger partial charge in [-0.25, -0.2) is 12.7 Å². The fourth-order valence-electron chi connectivity index (χ4n) is 2.87. The first-order valence-corrected chi connectivity index (χ1v) is 9.20. The van der Waals surface area contributed by atoms with Gasteiger partial charge in [0.05, 0.1) is 10.7 Å². The molecular weight excluding hydrogens is 304 g/mol. The maximum Gasteiger partial charge on any atom is 0.269 e. The van der Waals surface area contributed by atoms with Gasteiger partial charge in [-0.3, -0.25) is 10.1 Å². The number of non-ortho nitro benzene ring substituents is 1. The van der Waals surface area contributed by atoms with Gasteiger partial charge in [-0.1, -0.05) is 37.8 Å². The Labute approximate surface area is 131 Å². The molecular formula is C15H22N2O4S. The van der Waals surface area contributed by atoms with Crippen LogP contribution in [0.15, 0.2) is 24.3 Å². The van der Waals surface area contributed by atoms with Crippen molar-refractivity contribution >= 4 is 15.7 Å². The van der Waals surface area contributed by atoms with Crippen LogP contribution in [0.5, 0.6) is 0 Å². The van der Waals surface area contributed by atoms with Crippen molar-refractivity contribution in [2.75, 3.05) is 7.05 Å². The third-order valence-electron chi connectivity index (χ3n) is 4.27. The van der Waals surface area contributed by atoms with E-state index in [1.54, 1.807) is 7.05 Å². The van der Waals surface area contributed by atoms with Crippen LogP contribution in [-0.2, 0) is 15.8 Å². The molecule has 2 rings (SSSR count). The minimum absolute atomic E-state index is 0.0294. The first-order chi connectivity index (χ1) is 10.4. The molecule has 1 aromatic rings. The van der Waals surface area contributed by atoms with E-state index in [-0.39, 0.29) is 17.5 Å². The molecule has 0 aromatic heterocycles. The number of sulfonamides is 1.